The molecule has 0 radical (unpaired) electrons. The zero-order valence-corrected chi connectivity index (χ0v) is 9.76. The van der Waals surface area contributed by atoms with Gasteiger partial charge in [0.1, 0.15) is 5.69 Å². The summed E-state index contributed by atoms with van der Waals surface area (Å²) in [6, 6.07) is 4.29. The highest BCUT2D eigenvalue weighted by Crippen LogP contribution is 2.25. The smallest absolute Gasteiger partial charge is 0.292 e. The third-order valence-corrected chi connectivity index (χ3v) is 2.91. The molecule has 7 nitrogen and oxygen atoms in total. The van der Waals surface area contributed by atoms with Crippen LogP contribution in [0.5, 0.6) is 0 Å². The average Bonchev–Trinajstić information content (AvgIpc) is 2.39. The number of anilines is 1. The fourth-order valence-electron chi connectivity index (χ4n) is 1.94. The Morgan fingerprint density at radius 2 is 2.06 bits per heavy atom. The second-order valence-electron chi connectivity index (χ2n) is 4.04. The number of nitrogens with zero attached hydrogens (tertiary/aromatic N) is 2. The van der Waals surface area contributed by atoms with E-state index in [2.05, 4.69) is 5.32 Å². The number of nitrogens with one attached hydrogen (secondary N) is 1. The van der Waals surface area contributed by atoms with Crippen molar-refractivity contribution in [1.29, 1.82) is 0 Å². The molecule has 1 aliphatic rings. The summed E-state index contributed by atoms with van der Waals surface area (Å²) in [6.07, 6.45) is 0. The number of nitrogens with two attached hydrogens (primary N) is 1. The van der Waals surface area contributed by atoms with Crippen LogP contribution in [0.3, 0.4) is 0 Å². The van der Waals surface area contributed by atoms with E-state index in [0.717, 1.165) is 13.1 Å². The molecule has 0 aliphatic carbocycles. The van der Waals surface area contributed by atoms with Gasteiger partial charge in [-0.15, -0.1) is 0 Å². The zero-order valence-electron chi connectivity index (χ0n) is 9.76. The molecular formula is C11H14N4O3. The summed E-state index contributed by atoms with van der Waals surface area (Å²) in [7, 11) is 0. The van der Waals surface area contributed by atoms with Crippen molar-refractivity contribution in [3.05, 3.63) is 33.9 Å². The van der Waals surface area contributed by atoms with E-state index in [1.807, 2.05) is 0 Å². The highest BCUT2D eigenvalue weighted by Gasteiger charge is 2.23. The van der Waals surface area contributed by atoms with Crippen molar-refractivity contribution in [3.8, 4) is 0 Å². The molecule has 1 aliphatic heterocycles. The van der Waals surface area contributed by atoms with Crippen LogP contribution >= 0.6 is 0 Å². The fraction of sp³-hybridized carbons (Fsp3) is 0.364. The number of carbonyl (C=O) groups excluding carboxylic acids is 1. The van der Waals surface area contributed by atoms with Gasteiger partial charge < -0.3 is 16.0 Å². The maximum absolute atomic E-state index is 12.2. The van der Waals surface area contributed by atoms with Crippen molar-refractivity contribution in [3.63, 3.8) is 0 Å². The number of hydrogen-bond donors (Lipinski definition) is 2. The lowest BCUT2D eigenvalue weighted by molar-refractivity contribution is -0.383. The highest BCUT2D eigenvalue weighted by atomic mass is 16.6. The molecule has 1 heterocycles. The van der Waals surface area contributed by atoms with Crippen LogP contribution in [0.25, 0.3) is 0 Å². The van der Waals surface area contributed by atoms with Crippen LogP contribution < -0.4 is 11.1 Å². The normalized spacial score (nSPS) is 15.4. The summed E-state index contributed by atoms with van der Waals surface area (Å²) in [5.41, 5.74) is 5.60. The molecule has 0 atom stereocenters. The van der Waals surface area contributed by atoms with Gasteiger partial charge in [-0.1, -0.05) is 6.07 Å². The first-order chi connectivity index (χ1) is 8.61. The van der Waals surface area contributed by atoms with E-state index in [1.54, 1.807) is 4.90 Å². The van der Waals surface area contributed by atoms with Gasteiger partial charge in [-0.2, -0.15) is 0 Å². The first-order valence-electron chi connectivity index (χ1n) is 5.64. The van der Waals surface area contributed by atoms with Gasteiger partial charge in [0.25, 0.3) is 11.6 Å². The Morgan fingerprint density at radius 3 is 2.67 bits per heavy atom. The monoisotopic (exact) mass is 250 g/mol. The predicted molar refractivity (Wildman–Crippen MR) is 66.3 cm³/mol. The van der Waals surface area contributed by atoms with E-state index in [4.69, 9.17) is 5.73 Å². The minimum absolute atomic E-state index is 0.0639. The number of para-hydroxylation sites is 1. The van der Waals surface area contributed by atoms with Gasteiger partial charge in [-0.25, -0.2) is 0 Å². The molecule has 1 amide bonds. The lowest BCUT2D eigenvalue weighted by atomic mass is 10.1. The standard InChI is InChI=1S/C11H14N4O3/c12-10-8(2-1-3-9(10)15(17)18)11(16)14-6-4-13-5-7-14/h1-3,13H,4-7,12H2. The Labute approximate surface area is 104 Å². The lowest BCUT2D eigenvalue weighted by Gasteiger charge is -2.27. The first-order valence-corrected chi connectivity index (χ1v) is 5.64. The van der Waals surface area contributed by atoms with Crippen LogP contribution in [0.4, 0.5) is 11.4 Å². The number of piperazine rings is 1. The third-order valence-electron chi connectivity index (χ3n) is 2.91. The molecule has 1 saturated heterocycles. The first kappa shape index (κ1) is 12.3. The third kappa shape index (κ3) is 2.25. The minimum Gasteiger partial charge on any atom is -0.393 e. The van der Waals surface area contributed by atoms with Gasteiger partial charge in [-0.05, 0) is 6.07 Å². The van der Waals surface area contributed by atoms with E-state index in [9.17, 15) is 14.9 Å². The Morgan fingerprint density at radius 1 is 1.39 bits per heavy atom. The molecule has 96 valence electrons. The molecule has 1 aromatic rings. The molecule has 0 spiro atoms. The minimum atomic E-state index is -0.579. The van der Waals surface area contributed by atoms with Gasteiger partial charge in [0.05, 0.1) is 10.5 Å². The summed E-state index contributed by atoms with van der Waals surface area (Å²) >= 11 is 0. The second kappa shape index (κ2) is 5.01. The van der Waals surface area contributed by atoms with Crippen molar-refractivity contribution in [2.24, 2.45) is 0 Å². The van der Waals surface area contributed by atoms with E-state index in [1.165, 1.54) is 18.2 Å². The molecule has 0 unspecified atom stereocenters. The van der Waals surface area contributed by atoms with E-state index in [-0.39, 0.29) is 22.8 Å². The van der Waals surface area contributed by atoms with Gasteiger partial charge in [-0.3, -0.25) is 14.9 Å². The number of amides is 1. The summed E-state index contributed by atoms with van der Waals surface area (Å²) in [5.74, 6) is -0.252. The molecule has 7 heteroatoms. The van der Waals surface area contributed by atoms with Gasteiger partial charge in [0.2, 0.25) is 0 Å². The highest BCUT2D eigenvalue weighted by molar-refractivity contribution is 6.01. The maximum atomic E-state index is 12.2. The molecule has 18 heavy (non-hydrogen) atoms. The zero-order chi connectivity index (χ0) is 13.1. The van der Waals surface area contributed by atoms with Gasteiger partial charge in [0, 0.05) is 32.2 Å². The molecule has 0 aromatic heterocycles. The van der Waals surface area contributed by atoms with E-state index < -0.39 is 4.92 Å². The van der Waals surface area contributed by atoms with Crippen LogP contribution in [0.15, 0.2) is 18.2 Å². The molecular weight excluding hydrogens is 236 g/mol. The van der Waals surface area contributed by atoms with Crippen LogP contribution in [-0.2, 0) is 0 Å². The Balaban J connectivity index is 2.30. The van der Waals surface area contributed by atoms with Crippen molar-refractivity contribution in [2.75, 3.05) is 31.9 Å². The topological polar surface area (TPSA) is 102 Å². The van der Waals surface area contributed by atoms with E-state index in [0.29, 0.717) is 13.1 Å². The average molecular weight is 250 g/mol. The van der Waals surface area contributed by atoms with Crippen molar-refractivity contribution in [1.82, 2.24) is 10.2 Å². The number of nitro benzene ring substituents is 1. The molecule has 1 fully saturated rings. The van der Waals surface area contributed by atoms with Crippen molar-refractivity contribution in [2.45, 2.75) is 0 Å². The molecule has 2 rings (SSSR count). The number of nitrogen functional groups attached to an aromatic ring is 1. The second-order valence-corrected chi connectivity index (χ2v) is 4.04. The van der Waals surface area contributed by atoms with Gasteiger partial charge in [0.15, 0.2) is 0 Å². The Bertz CT molecular complexity index is 483. The van der Waals surface area contributed by atoms with Crippen molar-refractivity contribution >= 4 is 17.3 Å². The lowest BCUT2D eigenvalue weighted by Crippen LogP contribution is -2.46. The largest absolute Gasteiger partial charge is 0.393 e. The number of nitro groups is 1. The number of benzene rings is 1. The summed E-state index contributed by atoms with van der Waals surface area (Å²) in [5, 5.41) is 13.9. The van der Waals surface area contributed by atoms with Crippen molar-refractivity contribution < 1.29 is 9.72 Å². The molecule has 0 bridgehead atoms. The van der Waals surface area contributed by atoms with Crippen LogP contribution in [-0.4, -0.2) is 41.9 Å². The summed E-state index contributed by atoms with van der Waals surface area (Å²) < 4.78 is 0. The summed E-state index contributed by atoms with van der Waals surface area (Å²) in [4.78, 5) is 24.0. The molecule has 0 saturated carbocycles. The van der Waals surface area contributed by atoms with Gasteiger partial charge >= 0.3 is 0 Å². The Kier molecular flexibility index (Phi) is 3.42. The summed E-state index contributed by atoms with van der Waals surface area (Å²) in [6.45, 7) is 2.61. The number of hydrogen-bond acceptors (Lipinski definition) is 5. The fourth-order valence-corrected chi connectivity index (χ4v) is 1.94. The Hall–Kier alpha value is -2.15. The van der Waals surface area contributed by atoms with E-state index >= 15 is 0 Å². The quantitative estimate of drug-likeness (QED) is 0.444. The number of carbonyl (C=O) groups is 1. The maximum Gasteiger partial charge on any atom is 0.292 e. The predicted octanol–water partition coefficient (Wildman–Crippen LogP) is 0.222. The molecule has 3 N–H and O–H groups in total. The number of rotatable bonds is 2. The van der Waals surface area contributed by atoms with Crippen LogP contribution in [0.1, 0.15) is 10.4 Å². The van der Waals surface area contributed by atoms with Crippen LogP contribution in [0, 0.1) is 10.1 Å². The SMILES string of the molecule is Nc1c(C(=O)N2CCNCC2)cccc1[N+](=O)[O-]. The van der Waals surface area contributed by atoms with Crippen LogP contribution in [0.2, 0.25) is 0 Å². The molecule has 1 aromatic carbocycles.